The molecule has 9 heteroatoms. The number of rotatable bonds is 5. The van der Waals surface area contributed by atoms with Gasteiger partial charge in [0.15, 0.2) is 0 Å². The molecule has 1 heterocycles. The van der Waals surface area contributed by atoms with Crippen molar-refractivity contribution in [1.82, 2.24) is 15.5 Å². The molecule has 0 aromatic heterocycles. The predicted molar refractivity (Wildman–Crippen MR) is 107 cm³/mol. The molecule has 31 heavy (non-hydrogen) atoms. The number of carbonyl (C=O) groups excluding carboxylic acids is 2. The Morgan fingerprint density at radius 3 is 2.52 bits per heavy atom. The van der Waals surface area contributed by atoms with Gasteiger partial charge in [0.05, 0.1) is 18.2 Å². The SMILES string of the molecule is O=C(CNC(=O)c1cccc(C(F)(F)F)c1)NC1CCN(C2CC3CCC(C2)C3O)C1. The number of aliphatic hydroxyl groups excluding tert-OH is 1. The van der Waals surface area contributed by atoms with Crippen LogP contribution in [0.25, 0.3) is 0 Å². The van der Waals surface area contributed by atoms with Gasteiger partial charge in [0.2, 0.25) is 5.91 Å². The summed E-state index contributed by atoms with van der Waals surface area (Å²) >= 11 is 0. The van der Waals surface area contributed by atoms with Crippen LogP contribution in [-0.2, 0) is 11.0 Å². The fraction of sp³-hybridized carbons (Fsp3) is 0.636. The van der Waals surface area contributed by atoms with Crippen molar-refractivity contribution < 1.29 is 27.9 Å². The van der Waals surface area contributed by atoms with Crippen LogP contribution >= 0.6 is 0 Å². The lowest BCUT2D eigenvalue weighted by Gasteiger charge is -2.37. The largest absolute Gasteiger partial charge is 0.416 e. The van der Waals surface area contributed by atoms with Crippen LogP contribution in [0.3, 0.4) is 0 Å². The van der Waals surface area contributed by atoms with Crippen molar-refractivity contribution in [2.75, 3.05) is 19.6 Å². The molecule has 2 saturated carbocycles. The number of nitrogens with one attached hydrogen (secondary N) is 2. The van der Waals surface area contributed by atoms with Crippen molar-refractivity contribution in [3.05, 3.63) is 35.4 Å². The van der Waals surface area contributed by atoms with Crippen molar-refractivity contribution in [2.24, 2.45) is 11.8 Å². The highest BCUT2D eigenvalue weighted by Gasteiger charge is 2.44. The third-order valence-electron chi connectivity index (χ3n) is 6.99. The number of aliphatic hydroxyl groups is 1. The number of nitrogens with zero attached hydrogens (tertiary/aromatic N) is 1. The Labute approximate surface area is 179 Å². The van der Waals surface area contributed by atoms with E-state index < -0.39 is 17.6 Å². The molecule has 0 spiro atoms. The number of hydrogen-bond donors (Lipinski definition) is 3. The Morgan fingerprint density at radius 1 is 1.13 bits per heavy atom. The van der Waals surface area contributed by atoms with Crippen LogP contribution in [0.15, 0.2) is 24.3 Å². The summed E-state index contributed by atoms with van der Waals surface area (Å²) in [5.41, 5.74) is -1.04. The number of halogens is 3. The van der Waals surface area contributed by atoms with Crippen molar-refractivity contribution in [3.8, 4) is 0 Å². The van der Waals surface area contributed by atoms with E-state index in [1.54, 1.807) is 0 Å². The second kappa shape index (κ2) is 8.78. The molecule has 170 valence electrons. The normalized spacial score (nSPS) is 30.9. The van der Waals surface area contributed by atoms with Gasteiger partial charge in [-0.05, 0) is 62.1 Å². The van der Waals surface area contributed by atoms with E-state index in [9.17, 15) is 27.9 Å². The number of hydrogen-bond acceptors (Lipinski definition) is 4. The molecule has 3 fully saturated rings. The van der Waals surface area contributed by atoms with Gasteiger partial charge in [-0.25, -0.2) is 0 Å². The van der Waals surface area contributed by atoms with E-state index in [2.05, 4.69) is 15.5 Å². The van der Waals surface area contributed by atoms with E-state index in [1.807, 2.05) is 0 Å². The molecule has 1 aromatic rings. The molecule has 2 amide bonds. The van der Waals surface area contributed by atoms with Gasteiger partial charge in [-0.15, -0.1) is 0 Å². The Hall–Kier alpha value is -2.13. The highest BCUT2D eigenvalue weighted by Crippen LogP contribution is 2.44. The third-order valence-corrected chi connectivity index (χ3v) is 6.99. The van der Waals surface area contributed by atoms with Crippen molar-refractivity contribution in [1.29, 1.82) is 0 Å². The zero-order valence-electron chi connectivity index (χ0n) is 17.2. The molecule has 2 aliphatic carbocycles. The summed E-state index contributed by atoms with van der Waals surface area (Å²) in [5, 5.41) is 15.5. The molecule has 1 aromatic carbocycles. The molecule has 2 bridgehead atoms. The third kappa shape index (κ3) is 5.03. The molecule has 3 atom stereocenters. The lowest BCUT2D eigenvalue weighted by atomic mass is 9.82. The first kappa shape index (κ1) is 22.1. The first-order valence-electron chi connectivity index (χ1n) is 10.9. The molecular weight excluding hydrogens is 411 g/mol. The highest BCUT2D eigenvalue weighted by molar-refractivity contribution is 5.96. The van der Waals surface area contributed by atoms with Crippen LogP contribution in [0, 0.1) is 11.8 Å². The second-order valence-electron chi connectivity index (χ2n) is 9.02. The monoisotopic (exact) mass is 439 g/mol. The maximum absolute atomic E-state index is 12.8. The number of alkyl halides is 3. The summed E-state index contributed by atoms with van der Waals surface area (Å²) in [6.45, 7) is 1.35. The first-order chi connectivity index (χ1) is 14.7. The predicted octanol–water partition coefficient (Wildman–Crippen LogP) is 2.18. The van der Waals surface area contributed by atoms with Crippen LogP contribution in [-0.4, -0.2) is 59.6 Å². The Balaban J connectivity index is 1.22. The fourth-order valence-electron chi connectivity index (χ4n) is 5.38. The van der Waals surface area contributed by atoms with Crippen molar-refractivity contribution >= 4 is 11.8 Å². The molecule has 1 saturated heterocycles. The number of benzene rings is 1. The number of likely N-dealkylation sites (tertiary alicyclic amines) is 1. The fourth-order valence-corrected chi connectivity index (χ4v) is 5.38. The first-order valence-corrected chi connectivity index (χ1v) is 10.9. The van der Waals surface area contributed by atoms with Gasteiger partial charge in [-0.1, -0.05) is 6.07 Å². The summed E-state index contributed by atoms with van der Waals surface area (Å²) in [5.74, 6) is -0.288. The molecule has 0 radical (unpaired) electrons. The Morgan fingerprint density at radius 2 is 1.84 bits per heavy atom. The zero-order valence-corrected chi connectivity index (χ0v) is 17.2. The van der Waals surface area contributed by atoms with Crippen LogP contribution < -0.4 is 10.6 Å². The lowest BCUT2D eigenvalue weighted by Crippen LogP contribution is -2.46. The summed E-state index contributed by atoms with van der Waals surface area (Å²) < 4.78 is 38.4. The van der Waals surface area contributed by atoms with Crippen molar-refractivity contribution in [3.63, 3.8) is 0 Å². The summed E-state index contributed by atoms with van der Waals surface area (Å²) in [6.07, 6.45) is 0.343. The van der Waals surface area contributed by atoms with E-state index in [0.717, 1.165) is 57.3 Å². The van der Waals surface area contributed by atoms with Crippen molar-refractivity contribution in [2.45, 2.75) is 56.5 Å². The average molecular weight is 439 g/mol. The van der Waals surface area contributed by atoms with Gasteiger partial charge in [-0.3, -0.25) is 14.5 Å². The average Bonchev–Trinajstić information content (AvgIpc) is 3.25. The van der Waals surface area contributed by atoms with E-state index in [4.69, 9.17) is 0 Å². The van der Waals surface area contributed by atoms with Gasteiger partial charge in [0.25, 0.3) is 5.91 Å². The number of fused-ring (bicyclic) bond motifs is 2. The highest BCUT2D eigenvalue weighted by atomic mass is 19.4. The summed E-state index contributed by atoms with van der Waals surface area (Å²) in [4.78, 5) is 26.8. The van der Waals surface area contributed by atoms with E-state index >= 15 is 0 Å². The van der Waals surface area contributed by atoms with E-state index in [0.29, 0.717) is 17.9 Å². The molecule has 3 N–H and O–H groups in total. The summed E-state index contributed by atoms with van der Waals surface area (Å²) in [6, 6.07) is 4.56. The molecule has 3 aliphatic rings. The van der Waals surface area contributed by atoms with Gasteiger partial charge >= 0.3 is 6.18 Å². The second-order valence-corrected chi connectivity index (χ2v) is 9.02. The van der Waals surface area contributed by atoms with E-state index in [-0.39, 0.29) is 30.2 Å². The van der Waals surface area contributed by atoms with E-state index in [1.165, 1.54) is 12.1 Å². The van der Waals surface area contributed by atoms with Crippen LogP contribution in [0.2, 0.25) is 0 Å². The standard InChI is InChI=1S/C22H28F3N3O3/c23-22(24,25)16-3-1-2-15(8-16)21(31)26-11-19(29)27-17-6-7-28(12-17)18-9-13-4-5-14(10-18)20(13)30/h1-3,8,13-14,17-18,20,30H,4-7,9-12H2,(H,26,31)(H,27,29). The van der Waals surface area contributed by atoms with Crippen LogP contribution in [0.1, 0.15) is 48.0 Å². The Bertz CT molecular complexity index is 818. The maximum Gasteiger partial charge on any atom is 0.416 e. The topological polar surface area (TPSA) is 81.7 Å². The minimum atomic E-state index is -4.53. The minimum absolute atomic E-state index is 0.0116. The lowest BCUT2D eigenvalue weighted by molar-refractivity contribution is -0.137. The molecule has 1 aliphatic heterocycles. The minimum Gasteiger partial charge on any atom is -0.393 e. The molecule has 6 nitrogen and oxygen atoms in total. The van der Waals surface area contributed by atoms with Crippen LogP contribution in [0.5, 0.6) is 0 Å². The van der Waals surface area contributed by atoms with Crippen LogP contribution in [0.4, 0.5) is 13.2 Å². The molecule has 4 rings (SSSR count). The maximum atomic E-state index is 12.8. The zero-order chi connectivity index (χ0) is 22.2. The van der Waals surface area contributed by atoms with Gasteiger partial charge in [0, 0.05) is 30.7 Å². The smallest absolute Gasteiger partial charge is 0.393 e. The van der Waals surface area contributed by atoms with Gasteiger partial charge in [-0.2, -0.15) is 13.2 Å². The molecule has 3 unspecified atom stereocenters. The Kier molecular flexibility index (Phi) is 6.25. The van der Waals surface area contributed by atoms with Gasteiger partial charge in [0.1, 0.15) is 0 Å². The number of carbonyl (C=O) groups is 2. The number of amides is 2. The quantitative estimate of drug-likeness (QED) is 0.657. The molecular formula is C22H28F3N3O3. The van der Waals surface area contributed by atoms with Gasteiger partial charge < -0.3 is 15.7 Å². The summed E-state index contributed by atoms with van der Waals surface area (Å²) in [7, 11) is 0.